The molecule has 0 fully saturated rings. The molecule has 3 aromatic rings. The molecule has 2 heterocycles. The number of carbonyl (C=O) groups excluding carboxylic acids is 1. The number of carbonyl (C=O) groups is 1. The molecule has 7 heteroatoms. The summed E-state index contributed by atoms with van der Waals surface area (Å²) in [6.07, 6.45) is 1.81. The molecule has 2 aromatic heterocycles. The first-order valence-electron chi connectivity index (χ1n) is 7.11. The highest BCUT2D eigenvalue weighted by Crippen LogP contribution is 2.12. The molecule has 6 nitrogen and oxygen atoms in total. The molecule has 0 aliphatic heterocycles. The van der Waals surface area contributed by atoms with Gasteiger partial charge in [-0.1, -0.05) is 23.7 Å². The van der Waals surface area contributed by atoms with Crippen LogP contribution in [0.5, 0.6) is 0 Å². The average molecular weight is 330 g/mol. The molecule has 1 amide bonds. The number of rotatable bonds is 4. The smallest absolute Gasteiger partial charge is 0.277 e. The molecule has 0 unspecified atom stereocenters. The Bertz CT molecular complexity index is 815. The lowest BCUT2D eigenvalue weighted by Crippen LogP contribution is -2.14. The summed E-state index contributed by atoms with van der Waals surface area (Å²) in [6.45, 7) is 2.50. The number of nitrogens with one attached hydrogen (secondary N) is 1. The number of benzene rings is 1. The number of nitrogens with zero attached hydrogens (tertiary/aromatic N) is 4. The second kappa shape index (κ2) is 6.26. The van der Waals surface area contributed by atoms with E-state index in [1.54, 1.807) is 28.5 Å². The minimum atomic E-state index is -0.273. The maximum absolute atomic E-state index is 12.1. The zero-order valence-corrected chi connectivity index (χ0v) is 13.6. The van der Waals surface area contributed by atoms with Gasteiger partial charge in [0.2, 0.25) is 0 Å². The summed E-state index contributed by atoms with van der Waals surface area (Å²) in [5, 5.41) is 11.9. The van der Waals surface area contributed by atoms with Crippen LogP contribution in [0.25, 0.3) is 0 Å². The van der Waals surface area contributed by atoms with E-state index < -0.39 is 0 Å². The fourth-order valence-electron chi connectivity index (χ4n) is 2.15. The quantitative estimate of drug-likeness (QED) is 0.800. The molecular formula is C16H16ClN5O. The number of aryl methyl sites for hydroxylation is 2. The van der Waals surface area contributed by atoms with Crippen molar-refractivity contribution < 1.29 is 4.79 Å². The summed E-state index contributed by atoms with van der Waals surface area (Å²) in [7, 11) is 1.80. The number of aromatic nitrogens is 4. The number of anilines is 1. The van der Waals surface area contributed by atoms with Gasteiger partial charge in [0.1, 0.15) is 0 Å². The van der Waals surface area contributed by atoms with Crippen LogP contribution in [0.2, 0.25) is 5.02 Å². The molecule has 0 aliphatic carbocycles. The molecule has 0 saturated carbocycles. The first-order chi connectivity index (χ1) is 11.0. The maximum atomic E-state index is 12.1. The summed E-state index contributed by atoms with van der Waals surface area (Å²) in [6, 6.07) is 11.1. The predicted octanol–water partition coefficient (Wildman–Crippen LogP) is 2.88. The normalized spacial score (nSPS) is 10.7. The van der Waals surface area contributed by atoms with Crippen LogP contribution in [0.4, 0.5) is 5.82 Å². The van der Waals surface area contributed by atoms with E-state index in [4.69, 9.17) is 11.6 Å². The fraction of sp³-hybridized carbons (Fsp3) is 0.188. The van der Waals surface area contributed by atoms with E-state index >= 15 is 0 Å². The van der Waals surface area contributed by atoms with Crippen LogP contribution in [0.1, 0.15) is 21.7 Å². The lowest BCUT2D eigenvalue weighted by molar-refractivity contribution is 0.102. The standard InChI is InChI=1S/C16H16ClN5O/c1-11-9-14(19-21(11)2)16(23)18-15-7-8-22(20-15)10-12-3-5-13(17)6-4-12/h3-9H,10H2,1-2H3,(H,18,20,23). The SMILES string of the molecule is Cc1cc(C(=O)Nc2ccn(Cc3ccc(Cl)cc3)n2)nn1C. The molecule has 118 valence electrons. The van der Waals surface area contributed by atoms with Crippen molar-refractivity contribution >= 4 is 23.3 Å². The Morgan fingerprint density at radius 1 is 1.22 bits per heavy atom. The lowest BCUT2D eigenvalue weighted by atomic mass is 10.2. The Morgan fingerprint density at radius 3 is 2.61 bits per heavy atom. The number of hydrogen-bond acceptors (Lipinski definition) is 3. The summed E-state index contributed by atoms with van der Waals surface area (Å²) < 4.78 is 3.41. The second-order valence-electron chi connectivity index (χ2n) is 5.27. The molecule has 0 bridgehead atoms. The van der Waals surface area contributed by atoms with Gasteiger partial charge in [-0.2, -0.15) is 10.2 Å². The predicted molar refractivity (Wildman–Crippen MR) is 88.7 cm³/mol. The van der Waals surface area contributed by atoms with Gasteiger partial charge in [0.05, 0.1) is 6.54 Å². The Kier molecular flexibility index (Phi) is 4.16. The zero-order valence-electron chi connectivity index (χ0n) is 12.8. The van der Waals surface area contributed by atoms with Gasteiger partial charge in [-0.15, -0.1) is 0 Å². The average Bonchev–Trinajstić information content (AvgIpc) is 3.09. The minimum Gasteiger partial charge on any atom is -0.304 e. The Hall–Kier alpha value is -2.60. The van der Waals surface area contributed by atoms with Gasteiger partial charge >= 0.3 is 0 Å². The van der Waals surface area contributed by atoms with Crippen molar-refractivity contribution in [2.75, 3.05) is 5.32 Å². The van der Waals surface area contributed by atoms with Crippen LogP contribution in [0, 0.1) is 6.92 Å². The molecule has 1 N–H and O–H groups in total. The maximum Gasteiger partial charge on any atom is 0.277 e. The van der Waals surface area contributed by atoms with Crippen molar-refractivity contribution in [1.29, 1.82) is 0 Å². The molecule has 0 radical (unpaired) electrons. The minimum absolute atomic E-state index is 0.273. The Morgan fingerprint density at radius 2 is 1.96 bits per heavy atom. The first-order valence-corrected chi connectivity index (χ1v) is 7.49. The van der Waals surface area contributed by atoms with Crippen molar-refractivity contribution in [2.24, 2.45) is 7.05 Å². The molecule has 0 aliphatic rings. The molecule has 23 heavy (non-hydrogen) atoms. The van der Waals surface area contributed by atoms with Crippen molar-refractivity contribution in [3.05, 3.63) is 64.6 Å². The van der Waals surface area contributed by atoms with Gasteiger partial charge < -0.3 is 5.32 Å². The summed E-state index contributed by atoms with van der Waals surface area (Å²) >= 11 is 5.87. The van der Waals surface area contributed by atoms with E-state index in [2.05, 4.69) is 15.5 Å². The summed E-state index contributed by atoms with van der Waals surface area (Å²) in [4.78, 5) is 12.1. The Balaban J connectivity index is 1.67. The van der Waals surface area contributed by atoms with E-state index in [9.17, 15) is 4.79 Å². The first kappa shape index (κ1) is 15.3. The number of hydrogen-bond donors (Lipinski definition) is 1. The van der Waals surface area contributed by atoms with Gasteiger partial charge in [-0.05, 0) is 30.7 Å². The molecule has 0 spiro atoms. The fourth-order valence-corrected chi connectivity index (χ4v) is 2.27. The van der Waals surface area contributed by atoms with Crippen LogP contribution in [0.15, 0.2) is 42.6 Å². The molecule has 0 saturated heterocycles. The van der Waals surface area contributed by atoms with Crippen LogP contribution in [-0.4, -0.2) is 25.5 Å². The molecule has 3 rings (SSSR count). The Labute approximate surface area is 138 Å². The van der Waals surface area contributed by atoms with Crippen LogP contribution in [0.3, 0.4) is 0 Å². The van der Waals surface area contributed by atoms with Gasteiger partial charge in [0, 0.05) is 30.0 Å². The van der Waals surface area contributed by atoms with E-state index in [0.717, 1.165) is 11.3 Å². The summed E-state index contributed by atoms with van der Waals surface area (Å²) in [5.41, 5.74) is 2.37. The van der Waals surface area contributed by atoms with E-state index in [-0.39, 0.29) is 5.91 Å². The highest BCUT2D eigenvalue weighted by Gasteiger charge is 2.12. The molecule has 1 aromatic carbocycles. The van der Waals surface area contributed by atoms with Crippen LogP contribution >= 0.6 is 11.6 Å². The number of halogens is 1. The third-order valence-corrected chi connectivity index (χ3v) is 3.74. The van der Waals surface area contributed by atoms with Gasteiger partial charge in [-0.25, -0.2) is 0 Å². The van der Waals surface area contributed by atoms with E-state index in [1.165, 1.54) is 0 Å². The van der Waals surface area contributed by atoms with Crippen molar-refractivity contribution in [1.82, 2.24) is 19.6 Å². The third kappa shape index (κ3) is 3.60. The monoisotopic (exact) mass is 329 g/mol. The van der Waals surface area contributed by atoms with Gasteiger partial charge in [0.25, 0.3) is 5.91 Å². The lowest BCUT2D eigenvalue weighted by Gasteiger charge is -2.02. The summed E-state index contributed by atoms with van der Waals surface area (Å²) in [5.74, 6) is 0.220. The van der Waals surface area contributed by atoms with Crippen molar-refractivity contribution in [2.45, 2.75) is 13.5 Å². The third-order valence-electron chi connectivity index (χ3n) is 3.49. The number of amides is 1. The van der Waals surface area contributed by atoms with Crippen LogP contribution < -0.4 is 5.32 Å². The van der Waals surface area contributed by atoms with Crippen LogP contribution in [-0.2, 0) is 13.6 Å². The zero-order chi connectivity index (χ0) is 16.4. The largest absolute Gasteiger partial charge is 0.304 e. The highest BCUT2D eigenvalue weighted by molar-refractivity contribution is 6.30. The topological polar surface area (TPSA) is 64.7 Å². The van der Waals surface area contributed by atoms with Crippen molar-refractivity contribution in [3.8, 4) is 0 Å². The van der Waals surface area contributed by atoms with Crippen molar-refractivity contribution in [3.63, 3.8) is 0 Å². The molecular weight excluding hydrogens is 314 g/mol. The molecule has 0 atom stereocenters. The van der Waals surface area contributed by atoms with E-state index in [1.807, 2.05) is 37.4 Å². The van der Waals surface area contributed by atoms with E-state index in [0.29, 0.717) is 23.1 Å². The highest BCUT2D eigenvalue weighted by atomic mass is 35.5. The van der Waals surface area contributed by atoms with Gasteiger partial charge in [-0.3, -0.25) is 14.2 Å². The van der Waals surface area contributed by atoms with Gasteiger partial charge in [0.15, 0.2) is 11.5 Å². The second-order valence-corrected chi connectivity index (χ2v) is 5.71.